The number of amides is 1. The van der Waals surface area contributed by atoms with Crippen LogP contribution in [-0.2, 0) is 17.8 Å². The molecule has 1 amide bonds. The number of piperidine rings is 1. The van der Waals surface area contributed by atoms with E-state index in [-0.39, 0.29) is 5.91 Å². The monoisotopic (exact) mass is 342 g/mol. The predicted octanol–water partition coefficient (Wildman–Crippen LogP) is 3.72. The summed E-state index contributed by atoms with van der Waals surface area (Å²) in [5.74, 6) is 0.257. The van der Waals surface area contributed by atoms with Gasteiger partial charge in [0.25, 0.3) is 0 Å². The molecular formula is C20H26N2OS. The predicted molar refractivity (Wildman–Crippen MR) is 100 cm³/mol. The molecule has 1 aliphatic heterocycles. The summed E-state index contributed by atoms with van der Waals surface area (Å²) in [4.78, 5) is 18.6. The van der Waals surface area contributed by atoms with Gasteiger partial charge in [-0.25, -0.2) is 0 Å². The van der Waals surface area contributed by atoms with Crippen molar-refractivity contribution in [2.45, 2.75) is 38.8 Å². The van der Waals surface area contributed by atoms with Gasteiger partial charge >= 0.3 is 0 Å². The highest BCUT2D eigenvalue weighted by molar-refractivity contribution is 7.10. The molecule has 128 valence electrons. The zero-order valence-electron chi connectivity index (χ0n) is 14.6. The van der Waals surface area contributed by atoms with Crippen LogP contribution in [0.3, 0.4) is 0 Å². The van der Waals surface area contributed by atoms with Crippen molar-refractivity contribution in [1.29, 1.82) is 0 Å². The lowest BCUT2D eigenvalue weighted by atomic mass is 10.0. The van der Waals surface area contributed by atoms with E-state index in [1.54, 1.807) is 11.3 Å². The number of nitrogens with zero attached hydrogens (tertiary/aromatic N) is 2. The molecule has 0 saturated carbocycles. The third-order valence-corrected chi connectivity index (χ3v) is 5.70. The van der Waals surface area contributed by atoms with Crippen LogP contribution in [0.2, 0.25) is 0 Å². The molecule has 3 nitrogen and oxygen atoms in total. The average molecular weight is 343 g/mol. The second-order valence-electron chi connectivity index (χ2n) is 6.80. The van der Waals surface area contributed by atoms with Crippen LogP contribution in [-0.4, -0.2) is 41.9 Å². The lowest BCUT2D eigenvalue weighted by Gasteiger charge is -2.37. The van der Waals surface area contributed by atoms with E-state index in [1.165, 1.54) is 11.1 Å². The number of hydrogen-bond acceptors (Lipinski definition) is 3. The van der Waals surface area contributed by atoms with Crippen LogP contribution >= 0.6 is 11.3 Å². The zero-order chi connectivity index (χ0) is 16.9. The Balaban J connectivity index is 1.74. The first-order valence-electron chi connectivity index (χ1n) is 8.68. The van der Waals surface area contributed by atoms with Crippen LogP contribution in [0.4, 0.5) is 0 Å². The Morgan fingerprint density at radius 2 is 1.92 bits per heavy atom. The Morgan fingerprint density at radius 3 is 2.54 bits per heavy atom. The van der Waals surface area contributed by atoms with E-state index in [9.17, 15) is 4.79 Å². The van der Waals surface area contributed by atoms with Gasteiger partial charge in [0.05, 0.1) is 6.42 Å². The van der Waals surface area contributed by atoms with E-state index in [2.05, 4.69) is 54.1 Å². The van der Waals surface area contributed by atoms with Gasteiger partial charge in [-0.1, -0.05) is 35.9 Å². The summed E-state index contributed by atoms with van der Waals surface area (Å²) in [6, 6.07) is 13.0. The van der Waals surface area contributed by atoms with Crippen molar-refractivity contribution in [2.24, 2.45) is 0 Å². The van der Waals surface area contributed by atoms with Crippen molar-refractivity contribution in [3.05, 3.63) is 57.8 Å². The molecule has 1 aromatic carbocycles. The summed E-state index contributed by atoms with van der Waals surface area (Å²) in [5, 5.41) is 2.04. The molecule has 0 atom stereocenters. The van der Waals surface area contributed by atoms with Crippen LogP contribution in [0.25, 0.3) is 0 Å². The van der Waals surface area contributed by atoms with Crippen molar-refractivity contribution in [1.82, 2.24) is 9.80 Å². The van der Waals surface area contributed by atoms with E-state index in [4.69, 9.17) is 0 Å². The van der Waals surface area contributed by atoms with E-state index in [1.807, 2.05) is 11.4 Å². The minimum atomic E-state index is 0.257. The Labute approximate surface area is 148 Å². The molecule has 0 bridgehead atoms. The number of carbonyl (C=O) groups excluding carboxylic acids is 1. The Bertz CT molecular complexity index is 643. The molecule has 3 rings (SSSR count). The van der Waals surface area contributed by atoms with Crippen molar-refractivity contribution in [3.63, 3.8) is 0 Å². The Hall–Kier alpha value is -1.65. The Kier molecular flexibility index (Phi) is 5.69. The number of benzene rings is 1. The van der Waals surface area contributed by atoms with Gasteiger partial charge in [-0.05, 0) is 56.9 Å². The molecular weight excluding hydrogens is 316 g/mol. The molecule has 0 unspecified atom stereocenters. The smallest absolute Gasteiger partial charge is 0.228 e. The second kappa shape index (κ2) is 7.95. The van der Waals surface area contributed by atoms with Crippen LogP contribution < -0.4 is 0 Å². The van der Waals surface area contributed by atoms with E-state index in [0.717, 1.165) is 37.4 Å². The first-order chi connectivity index (χ1) is 11.6. The first-order valence-corrected chi connectivity index (χ1v) is 9.56. The fraction of sp³-hybridized carbons (Fsp3) is 0.450. The average Bonchev–Trinajstić information content (AvgIpc) is 3.08. The molecule has 0 N–H and O–H groups in total. The lowest BCUT2D eigenvalue weighted by molar-refractivity contribution is -0.134. The van der Waals surface area contributed by atoms with Gasteiger partial charge in [-0.15, -0.1) is 11.3 Å². The summed E-state index contributed by atoms with van der Waals surface area (Å²) >= 11 is 1.67. The van der Waals surface area contributed by atoms with Crippen LogP contribution in [0.1, 0.15) is 28.8 Å². The summed E-state index contributed by atoms with van der Waals surface area (Å²) < 4.78 is 0. The number of thiophene rings is 1. The zero-order valence-corrected chi connectivity index (χ0v) is 15.4. The maximum absolute atomic E-state index is 13.0. The molecule has 1 aliphatic rings. The molecule has 24 heavy (non-hydrogen) atoms. The molecule has 1 fully saturated rings. The molecule has 0 aliphatic carbocycles. The summed E-state index contributed by atoms with van der Waals surface area (Å²) in [6.45, 7) is 4.96. The number of carbonyl (C=O) groups is 1. The number of aryl methyl sites for hydroxylation is 1. The number of likely N-dealkylation sites (tertiary alicyclic amines) is 1. The fourth-order valence-electron chi connectivity index (χ4n) is 3.28. The van der Waals surface area contributed by atoms with Gasteiger partial charge < -0.3 is 9.80 Å². The Morgan fingerprint density at radius 1 is 1.21 bits per heavy atom. The van der Waals surface area contributed by atoms with Crippen molar-refractivity contribution in [3.8, 4) is 0 Å². The molecule has 1 aromatic heterocycles. The quantitative estimate of drug-likeness (QED) is 0.827. The maximum atomic E-state index is 13.0. The molecule has 0 spiro atoms. The third kappa shape index (κ3) is 4.46. The van der Waals surface area contributed by atoms with Crippen molar-refractivity contribution in [2.75, 3.05) is 20.1 Å². The largest absolute Gasteiger partial charge is 0.335 e. The standard InChI is InChI=1S/C20H26N2OS/c1-16-5-7-17(8-6-16)15-22(18-9-11-21(2)12-10-18)20(23)14-19-4-3-13-24-19/h3-8,13,18H,9-12,14-15H2,1-2H3. The number of hydrogen-bond donors (Lipinski definition) is 0. The van der Waals surface area contributed by atoms with Crippen molar-refractivity contribution >= 4 is 17.2 Å². The minimum Gasteiger partial charge on any atom is -0.335 e. The SMILES string of the molecule is Cc1ccc(CN(C(=O)Cc2cccs2)C2CCN(C)CC2)cc1. The van der Waals surface area contributed by atoms with Gasteiger partial charge in [-0.3, -0.25) is 4.79 Å². The molecule has 2 heterocycles. The van der Waals surface area contributed by atoms with Crippen LogP contribution in [0.5, 0.6) is 0 Å². The van der Waals surface area contributed by atoms with Crippen LogP contribution in [0, 0.1) is 6.92 Å². The molecule has 2 aromatic rings. The maximum Gasteiger partial charge on any atom is 0.228 e. The van der Waals surface area contributed by atoms with Gasteiger partial charge in [0.1, 0.15) is 0 Å². The molecule has 4 heteroatoms. The second-order valence-corrected chi connectivity index (χ2v) is 7.83. The molecule has 1 saturated heterocycles. The summed E-state index contributed by atoms with van der Waals surface area (Å²) in [7, 11) is 2.16. The van der Waals surface area contributed by atoms with E-state index < -0.39 is 0 Å². The highest BCUT2D eigenvalue weighted by atomic mass is 32.1. The van der Waals surface area contributed by atoms with Crippen LogP contribution in [0.15, 0.2) is 41.8 Å². The molecule has 0 radical (unpaired) electrons. The summed E-state index contributed by atoms with van der Waals surface area (Å²) in [6.07, 6.45) is 2.66. The minimum absolute atomic E-state index is 0.257. The lowest BCUT2D eigenvalue weighted by Crippen LogP contribution is -2.46. The highest BCUT2D eigenvalue weighted by Crippen LogP contribution is 2.21. The van der Waals surface area contributed by atoms with Crippen molar-refractivity contribution < 1.29 is 4.79 Å². The first kappa shape index (κ1) is 17.2. The normalized spacial score (nSPS) is 16.2. The van der Waals surface area contributed by atoms with Gasteiger partial charge in [0.15, 0.2) is 0 Å². The van der Waals surface area contributed by atoms with Gasteiger partial charge in [-0.2, -0.15) is 0 Å². The van der Waals surface area contributed by atoms with E-state index in [0.29, 0.717) is 12.5 Å². The fourth-order valence-corrected chi connectivity index (χ4v) is 3.98. The summed E-state index contributed by atoms with van der Waals surface area (Å²) in [5.41, 5.74) is 2.48. The van der Waals surface area contributed by atoms with Gasteiger partial charge in [0.2, 0.25) is 5.91 Å². The number of rotatable bonds is 5. The van der Waals surface area contributed by atoms with E-state index >= 15 is 0 Å². The van der Waals surface area contributed by atoms with Gasteiger partial charge in [0, 0.05) is 17.5 Å². The topological polar surface area (TPSA) is 23.6 Å². The highest BCUT2D eigenvalue weighted by Gasteiger charge is 2.27. The third-order valence-electron chi connectivity index (χ3n) is 4.83.